The molecule has 2 fully saturated rings. The first-order chi connectivity index (χ1) is 13.3. The summed E-state index contributed by atoms with van der Waals surface area (Å²) in [7, 11) is 0. The minimum absolute atomic E-state index is 0.0295. The second-order valence-electron chi connectivity index (χ2n) is 7.93. The zero-order chi connectivity index (χ0) is 19.8. The van der Waals surface area contributed by atoms with Gasteiger partial charge in [0.25, 0.3) is 0 Å². The number of aromatic nitrogens is 1. The van der Waals surface area contributed by atoms with Crippen LogP contribution in [0.2, 0.25) is 0 Å². The first-order valence-electron chi connectivity index (χ1n) is 9.20. The number of nitrogens with zero attached hydrogens (tertiary/aromatic N) is 2. The van der Waals surface area contributed by atoms with Crippen molar-refractivity contribution in [3.8, 4) is 5.75 Å². The highest BCUT2D eigenvalue weighted by atomic mass is 19.1. The van der Waals surface area contributed by atoms with Gasteiger partial charge < -0.3 is 29.5 Å². The van der Waals surface area contributed by atoms with Gasteiger partial charge in [-0.25, -0.2) is 9.18 Å². The molecular weight excluding hydrogens is 371 g/mol. The Hall–Kier alpha value is -2.65. The van der Waals surface area contributed by atoms with Crippen LogP contribution in [-0.2, 0) is 0 Å². The lowest BCUT2D eigenvalue weighted by Crippen LogP contribution is -2.40. The second kappa shape index (κ2) is 5.68. The van der Waals surface area contributed by atoms with Gasteiger partial charge in [0.1, 0.15) is 23.5 Å². The lowest BCUT2D eigenvalue weighted by atomic mass is 10.0. The number of pyridine rings is 1. The third-order valence-electron chi connectivity index (χ3n) is 5.89. The van der Waals surface area contributed by atoms with Gasteiger partial charge in [0.05, 0.1) is 23.6 Å². The third-order valence-corrected chi connectivity index (χ3v) is 5.89. The lowest BCUT2D eigenvalue weighted by Gasteiger charge is -2.34. The molecule has 28 heavy (non-hydrogen) atoms. The standard InChI is InChI=1S/C19H19FN2O6/c20-13-3-11-14(21(9-1-2-9)5-12(16(11)24)18(25)26)17-15(13)22-7-19(27,8-23)4-10(22)6-28-17/h3,5,9-10,23,27H,1-2,4,6-8H2,(H,25,26)/t10-,19-/m0/s1. The molecule has 9 heteroatoms. The summed E-state index contributed by atoms with van der Waals surface area (Å²) in [6.45, 7) is -0.222. The number of ether oxygens (including phenoxy) is 1. The van der Waals surface area contributed by atoms with Crippen LogP contribution in [0.4, 0.5) is 10.1 Å². The summed E-state index contributed by atoms with van der Waals surface area (Å²) in [5, 5.41) is 29.3. The van der Waals surface area contributed by atoms with Crippen LogP contribution in [0.5, 0.6) is 5.75 Å². The molecule has 3 heterocycles. The van der Waals surface area contributed by atoms with Gasteiger partial charge in [-0.1, -0.05) is 0 Å². The van der Waals surface area contributed by atoms with E-state index < -0.39 is 35.0 Å². The van der Waals surface area contributed by atoms with E-state index in [1.54, 1.807) is 9.47 Å². The molecule has 0 radical (unpaired) electrons. The van der Waals surface area contributed by atoms with Crippen molar-refractivity contribution in [3.05, 3.63) is 33.9 Å². The Morgan fingerprint density at radius 2 is 2.11 bits per heavy atom. The zero-order valence-electron chi connectivity index (χ0n) is 14.9. The van der Waals surface area contributed by atoms with E-state index in [2.05, 4.69) is 0 Å². The molecule has 2 aromatic rings. The van der Waals surface area contributed by atoms with Crippen LogP contribution >= 0.6 is 0 Å². The Morgan fingerprint density at radius 3 is 2.75 bits per heavy atom. The molecule has 2 atom stereocenters. The van der Waals surface area contributed by atoms with E-state index in [9.17, 15) is 24.9 Å². The maximum Gasteiger partial charge on any atom is 0.341 e. The van der Waals surface area contributed by atoms with E-state index in [1.807, 2.05) is 0 Å². The number of aliphatic hydroxyl groups is 2. The van der Waals surface area contributed by atoms with Gasteiger partial charge in [0.15, 0.2) is 11.6 Å². The van der Waals surface area contributed by atoms with Crippen molar-refractivity contribution >= 4 is 22.6 Å². The van der Waals surface area contributed by atoms with E-state index in [0.717, 1.165) is 18.9 Å². The first-order valence-corrected chi connectivity index (χ1v) is 9.20. The van der Waals surface area contributed by atoms with E-state index in [4.69, 9.17) is 4.74 Å². The van der Waals surface area contributed by atoms with Crippen molar-refractivity contribution in [1.82, 2.24) is 4.57 Å². The van der Waals surface area contributed by atoms with Crippen LogP contribution in [0.3, 0.4) is 0 Å². The molecular formula is C19H19FN2O6. The minimum atomic E-state index is -1.35. The number of fused-ring (bicyclic) bond motifs is 5. The maximum absolute atomic E-state index is 15.1. The molecule has 0 bridgehead atoms. The molecule has 1 aromatic carbocycles. The predicted octanol–water partition coefficient (Wildman–Crippen LogP) is 0.868. The average Bonchev–Trinajstić information content (AvgIpc) is 3.43. The fourth-order valence-corrected chi connectivity index (χ4v) is 4.40. The molecule has 2 aliphatic heterocycles. The molecule has 1 aromatic heterocycles. The average molecular weight is 390 g/mol. The molecule has 148 valence electrons. The van der Waals surface area contributed by atoms with Crippen LogP contribution in [0.15, 0.2) is 17.1 Å². The summed E-state index contributed by atoms with van der Waals surface area (Å²) in [5.41, 5.74) is -1.97. The van der Waals surface area contributed by atoms with Crippen LogP contribution in [-0.4, -0.2) is 57.3 Å². The number of aromatic carboxylic acids is 1. The van der Waals surface area contributed by atoms with Gasteiger partial charge in [-0.05, 0) is 18.9 Å². The van der Waals surface area contributed by atoms with Gasteiger partial charge in [-0.2, -0.15) is 0 Å². The summed E-state index contributed by atoms with van der Waals surface area (Å²) >= 11 is 0. The summed E-state index contributed by atoms with van der Waals surface area (Å²) in [4.78, 5) is 25.8. The van der Waals surface area contributed by atoms with Crippen LogP contribution in [0.25, 0.3) is 10.9 Å². The largest absolute Gasteiger partial charge is 0.487 e. The summed E-state index contributed by atoms with van der Waals surface area (Å²) in [6, 6.07) is 0.796. The van der Waals surface area contributed by atoms with Crippen molar-refractivity contribution in [2.24, 2.45) is 0 Å². The minimum Gasteiger partial charge on any atom is -0.487 e. The Kier molecular flexibility index (Phi) is 3.54. The Labute approximate surface area is 158 Å². The van der Waals surface area contributed by atoms with Gasteiger partial charge in [-0.15, -0.1) is 0 Å². The molecule has 0 unspecified atom stereocenters. The number of carbonyl (C=O) groups is 1. The molecule has 3 N–H and O–H groups in total. The summed E-state index contributed by atoms with van der Waals surface area (Å²) in [6.07, 6.45) is 3.22. The van der Waals surface area contributed by atoms with Crippen molar-refractivity contribution < 1.29 is 29.2 Å². The molecule has 0 spiro atoms. The van der Waals surface area contributed by atoms with Crippen molar-refractivity contribution in [1.29, 1.82) is 0 Å². The van der Waals surface area contributed by atoms with Gasteiger partial charge >= 0.3 is 5.97 Å². The number of hydrogen-bond acceptors (Lipinski definition) is 6. The Balaban J connectivity index is 1.79. The maximum atomic E-state index is 15.1. The van der Waals surface area contributed by atoms with Crippen LogP contribution in [0.1, 0.15) is 35.7 Å². The van der Waals surface area contributed by atoms with Crippen molar-refractivity contribution in [2.75, 3.05) is 24.7 Å². The smallest absolute Gasteiger partial charge is 0.341 e. The van der Waals surface area contributed by atoms with Crippen LogP contribution < -0.4 is 15.1 Å². The number of halogens is 1. The molecule has 1 aliphatic carbocycles. The summed E-state index contributed by atoms with van der Waals surface area (Å²) < 4.78 is 22.7. The topological polar surface area (TPSA) is 112 Å². The number of aliphatic hydroxyl groups excluding tert-OH is 1. The molecule has 8 nitrogen and oxygen atoms in total. The monoisotopic (exact) mass is 390 g/mol. The number of hydrogen-bond donors (Lipinski definition) is 3. The Morgan fingerprint density at radius 1 is 1.36 bits per heavy atom. The molecule has 1 saturated carbocycles. The molecule has 5 rings (SSSR count). The fraction of sp³-hybridized carbons (Fsp3) is 0.474. The van der Waals surface area contributed by atoms with E-state index in [-0.39, 0.29) is 48.5 Å². The fourth-order valence-electron chi connectivity index (χ4n) is 4.40. The predicted molar refractivity (Wildman–Crippen MR) is 96.7 cm³/mol. The summed E-state index contributed by atoms with van der Waals surface area (Å²) in [5.74, 6) is -1.88. The van der Waals surface area contributed by atoms with Crippen LogP contribution in [0, 0.1) is 5.82 Å². The van der Waals surface area contributed by atoms with E-state index in [0.29, 0.717) is 5.52 Å². The van der Waals surface area contributed by atoms with Crippen molar-refractivity contribution in [2.45, 2.75) is 36.9 Å². The normalized spacial score (nSPS) is 26.1. The Bertz CT molecular complexity index is 1080. The second-order valence-corrected chi connectivity index (χ2v) is 7.93. The molecule has 1 saturated heterocycles. The molecule has 0 amide bonds. The third kappa shape index (κ3) is 2.36. The number of rotatable bonds is 3. The highest BCUT2D eigenvalue weighted by molar-refractivity contribution is 5.97. The van der Waals surface area contributed by atoms with Gasteiger partial charge in [-0.3, -0.25) is 4.79 Å². The lowest BCUT2D eigenvalue weighted by molar-refractivity contribution is 0.00141. The van der Waals surface area contributed by atoms with Crippen molar-refractivity contribution in [3.63, 3.8) is 0 Å². The highest BCUT2D eigenvalue weighted by Gasteiger charge is 2.47. The first kappa shape index (κ1) is 17.4. The van der Waals surface area contributed by atoms with E-state index in [1.165, 1.54) is 6.20 Å². The quantitative estimate of drug-likeness (QED) is 0.713. The number of anilines is 1. The van der Waals surface area contributed by atoms with E-state index >= 15 is 4.39 Å². The number of carboxylic acids is 1. The molecule has 3 aliphatic rings. The van der Waals surface area contributed by atoms with Gasteiger partial charge in [0.2, 0.25) is 5.43 Å². The number of benzene rings is 1. The zero-order valence-corrected chi connectivity index (χ0v) is 14.9. The van der Waals surface area contributed by atoms with Gasteiger partial charge in [0, 0.05) is 25.2 Å². The SMILES string of the molecule is O=C(O)c1cn(C2CC2)c2c3c(c(F)cc2c1=O)N1C[C@](O)(CO)C[C@H]1CO3. The number of carboxylic acid groups (broad SMARTS) is 1. The highest BCUT2D eigenvalue weighted by Crippen LogP contribution is 2.48.